The van der Waals surface area contributed by atoms with Gasteiger partial charge in [0, 0.05) is 6.20 Å². The van der Waals surface area contributed by atoms with Crippen molar-refractivity contribution in [2.45, 2.75) is 13.8 Å². The number of carbonyl (C=O) groups is 1. The first-order valence-corrected chi connectivity index (χ1v) is 6.59. The number of carbonyl (C=O) groups excluding carboxylic acids is 1. The molecule has 0 bridgehead atoms. The molecule has 0 aliphatic carbocycles. The van der Waals surface area contributed by atoms with Gasteiger partial charge >= 0.3 is 5.97 Å². The van der Waals surface area contributed by atoms with E-state index in [0.29, 0.717) is 22.1 Å². The summed E-state index contributed by atoms with van der Waals surface area (Å²) in [4.78, 5) is 11.7. The quantitative estimate of drug-likeness (QED) is 0.681. The van der Waals surface area contributed by atoms with Gasteiger partial charge in [-0.05, 0) is 26.0 Å². The summed E-state index contributed by atoms with van der Waals surface area (Å²) in [5.41, 5.74) is 1.60. The summed E-state index contributed by atoms with van der Waals surface area (Å²) in [7, 11) is 1.32. The third-order valence-electron chi connectivity index (χ3n) is 3.16. The minimum atomic E-state index is -0.474. The van der Waals surface area contributed by atoms with Crippen molar-refractivity contribution in [2.24, 2.45) is 0 Å². The number of aromatic nitrogens is 3. The first-order valence-electron chi connectivity index (χ1n) is 6.21. The number of nitrogens with zero attached hydrogens (tertiary/aromatic N) is 3. The van der Waals surface area contributed by atoms with Crippen molar-refractivity contribution in [1.29, 1.82) is 0 Å². The molecule has 0 fully saturated rings. The Bertz CT molecular complexity index is 851. The highest BCUT2D eigenvalue weighted by molar-refractivity contribution is 6.33. The molecule has 7 heteroatoms. The maximum atomic E-state index is 11.7. The van der Waals surface area contributed by atoms with E-state index in [1.165, 1.54) is 13.2 Å². The molecule has 21 heavy (non-hydrogen) atoms. The van der Waals surface area contributed by atoms with Gasteiger partial charge in [0.25, 0.3) is 0 Å². The topological polar surface area (TPSA) is 69.6 Å². The number of fused-ring (bicyclic) bond motifs is 1. The van der Waals surface area contributed by atoms with Crippen molar-refractivity contribution in [3.05, 3.63) is 40.4 Å². The van der Waals surface area contributed by atoms with Crippen LogP contribution in [0.25, 0.3) is 17.0 Å². The highest BCUT2D eigenvalue weighted by atomic mass is 35.5. The van der Waals surface area contributed by atoms with E-state index >= 15 is 0 Å². The van der Waals surface area contributed by atoms with E-state index in [1.54, 1.807) is 10.6 Å². The minimum Gasteiger partial charge on any atom is -0.466 e. The van der Waals surface area contributed by atoms with E-state index < -0.39 is 5.97 Å². The first kappa shape index (κ1) is 13.6. The Kier molecular flexibility index (Phi) is 3.17. The summed E-state index contributed by atoms with van der Waals surface area (Å²) >= 11 is 6.15. The van der Waals surface area contributed by atoms with E-state index in [1.807, 2.05) is 19.9 Å². The molecule has 3 aromatic rings. The predicted molar refractivity (Wildman–Crippen MR) is 76.5 cm³/mol. The van der Waals surface area contributed by atoms with Crippen LogP contribution in [0.4, 0.5) is 0 Å². The van der Waals surface area contributed by atoms with E-state index in [-0.39, 0.29) is 0 Å². The van der Waals surface area contributed by atoms with Gasteiger partial charge in [0.05, 0.1) is 23.3 Å². The monoisotopic (exact) mass is 305 g/mol. The van der Waals surface area contributed by atoms with Crippen molar-refractivity contribution in [1.82, 2.24) is 14.6 Å². The van der Waals surface area contributed by atoms with Crippen molar-refractivity contribution in [3.63, 3.8) is 0 Å². The molecule has 0 spiro atoms. The lowest BCUT2D eigenvalue weighted by atomic mass is 10.2. The Morgan fingerprint density at radius 2 is 2.10 bits per heavy atom. The number of furan rings is 1. The van der Waals surface area contributed by atoms with Gasteiger partial charge in [-0.1, -0.05) is 11.6 Å². The van der Waals surface area contributed by atoms with E-state index in [9.17, 15) is 4.79 Å². The van der Waals surface area contributed by atoms with Gasteiger partial charge in [-0.25, -0.2) is 4.79 Å². The Labute approximate surface area is 125 Å². The third kappa shape index (κ3) is 2.17. The molecule has 3 aromatic heterocycles. The number of methoxy groups -OCH3 is 1. The predicted octanol–water partition coefficient (Wildman–Crippen LogP) is 3.05. The molecule has 0 unspecified atom stereocenters. The summed E-state index contributed by atoms with van der Waals surface area (Å²) < 4.78 is 11.9. The molecule has 0 atom stereocenters. The summed E-state index contributed by atoms with van der Waals surface area (Å²) in [6.07, 6.45) is 1.60. The average molecular weight is 306 g/mol. The molecule has 3 rings (SSSR count). The van der Waals surface area contributed by atoms with Gasteiger partial charge in [-0.2, -0.15) is 0 Å². The molecule has 0 radical (unpaired) electrons. The Morgan fingerprint density at radius 3 is 2.71 bits per heavy atom. The van der Waals surface area contributed by atoms with Crippen LogP contribution in [-0.2, 0) is 4.74 Å². The van der Waals surface area contributed by atoms with Crippen molar-refractivity contribution in [2.75, 3.05) is 7.11 Å². The lowest BCUT2D eigenvalue weighted by molar-refractivity contribution is 0.0600. The zero-order valence-corrected chi connectivity index (χ0v) is 12.4. The molecule has 0 aliphatic heterocycles. The van der Waals surface area contributed by atoms with Gasteiger partial charge in [0.1, 0.15) is 11.5 Å². The molecule has 0 saturated heterocycles. The zero-order chi connectivity index (χ0) is 15.1. The molecule has 0 amide bonds. The van der Waals surface area contributed by atoms with Gasteiger partial charge < -0.3 is 9.15 Å². The van der Waals surface area contributed by atoms with Gasteiger partial charge in [-0.3, -0.25) is 4.40 Å². The SMILES string of the molecule is COC(=O)c1cc(Cl)c2nnc(-c3cc(C)oc3C)n2c1. The molecule has 108 valence electrons. The van der Waals surface area contributed by atoms with E-state index in [4.69, 9.17) is 20.8 Å². The summed E-state index contributed by atoms with van der Waals surface area (Å²) in [6.45, 7) is 3.70. The smallest absolute Gasteiger partial charge is 0.339 e. The number of aryl methyl sites for hydroxylation is 2. The summed E-state index contributed by atoms with van der Waals surface area (Å²) in [5, 5.41) is 8.53. The van der Waals surface area contributed by atoms with Crippen LogP contribution >= 0.6 is 11.6 Å². The van der Waals surface area contributed by atoms with Gasteiger partial charge in [0.2, 0.25) is 0 Å². The minimum absolute atomic E-state index is 0.328. The van der Waals surface area contributed by atoms with Gasteiger partial charge in [-0.15, -0.1) is 10.2 Å². The zero-order valence-electron chi connectivity index (χ0n) is 11.7. The van der Waals surface area contributed by atoms with Crippen molar-refractivity contribution < 1.29 is 13.9 Å². The Morgan fingerprint density at radius 1 is 1.33 bits per heavy atom. The summed E-state index contributed by atoms with van der Waals surface area (Å²) in [6, 6.07) is 3.37. The molecule has 0 aromatic carbocycles. The van der Waals surface area contributed by atoms with Crippen LogP contribution in [-0.4, -0.2) is 27.7 Å². The second-order valence-electron chi connectivity index (χ2n) is 4.61. The molecular weight excluding hydrogens is 294 g/mol. The van der Waals surface area contributed by atoms with Crippen LogP contribution in [0, 0.1) is 13.8 Å². The van der Waals surface area contributed by atoms with Crippen LogP contribution in [0.15, 0.2) is 22.7 Å². The van der Waals surface area contributed by atoms with Gasteiger partial charge in [0.15, 0.2) is 11.5 Å². The Balaban J connectivity index is 2.27. The highest BCUT2D eigenvalue weighted by Crippen LogP contribution is 2.28. The fourth-order valence-electron chi connectivity index (χ4n) is 2.22. The molecule has 3 heterocycles. The third-order valence-corrected chi connectivity index (χ3v) is 3.44. The van der Waals surface area contributed by atoms with Crippen LogP contribution < -0.4 is 0 Å². The fraction of sp³-hybridized carbons (Fsp3) is 0.214. The lowest BCUT2D eigenvalue weighted by Gasteiger charge is -2.03. The lowest BCUT2D eigenvalue weighted by Crippen LogP contribution is -2.03. The molecule has 0 N–H and O–H groups in total. The summed E-state index contributed by atoms with van der Waals surface area (Å²) in [5.74, 6) is 1.58. The number of esters is 1. The standard InChI is InChI=1S/C14H12ClN3O3/c1-7-4-10(8(2)21-7)12-16-17-13-11(15)5-9(6-18(12)13)14(19)20-3/h4-6H,1-3H3. The maximum absolute atomic E-state index is 11.7. The van der Waals surface area contributed by atoms with Crippen LogP contribution in [0.2, 0.25) is 5.02 Å². The number of ether oxygens (including phenoxy) is 1. The average Bonchev–Trinajstić information content (AvgIpc) is 3.01. The van der Waals surface area contributed by atoms with Crippen LogP contribution in [0.3, 0.4) is 0 Å². The van der Waals surface area contributed by atoms with Crippen molar-refractivity contribution >= 4 is 23.2 Å². The van der Waals surface area contributed by atoms with E-state index in [0.717, 1.165) is 17.1 Å². The van der Waals surface area contributed by atoms with Crippen LogP contribution in [0.1, 0.15) is 21.9 Å². The Hall–Kier alpha value is -2.34. The largest absolute Gasteiger partial charge is 0.466 e. The molecule has 0 saturated carbocycles. The molecular formula is C14H12ClN3O3. The number of pyridine rings is 1. The number of halogens is 1. The fourth-order valence-corrected chi connectivity index (χ4v) is 2.47. The maximum Gasteiger partial charge on any atom is 0.339 e. The normalized spacial score (nSPS) is 11.0. The number of hydrogen-bond donors (Lipinski definition) is 0. The first-order chi connectivity index (χ1) is 10.0. The number of rotatable bonds is 2. The van der Waals surface area contributed by atoms with Crippen molar-refractivity contribution in [3.8, 4) is 11.4 Å². The highest BCUT2D eigenvalue weighted by Gasteiger charge is 2.18. The second kappa shape index (κ2) is 4.89. The molecule has 0 aliphatic rings. The second-order valence-corrected chi connectivity index (χ2v) is 5.02. The van der Waals surface area contributed by atoms with E-state index in [2.05, 4.69) is 10.2 Å². The van der Waals surface area contributed by atoms with Crippen LogP contribution in [0.5, 0.6) is 0 Å². The number of hydrogen-bond acceptors (Lipinski definition) is 5. The molecule has 6 nitrogen and oxygen atoms in total.